The molecule has 9 heteroatoms. The molecule has 0 aliphatic rings. The fraction of sp³-hybridized carbons (Fsp3) is 0.0833. The van der Waals surface area contributed by atoms with Crippen molar-refractivity contribution in [3.63, 3.8) is 0 Å². The number of anilines is 1. The first-order valence-corrected chi connectivity index (χ1v) is 6.65. The van der Waals surface area contributed by atoms with E-state index in [1.54, 1.807) is 0 Å². The predicted molar refractivity (Wildman–Crippen MR) is 79.9 cm³/mol. The zero-order valence-electron chi connectivity index (χ0n) is 10.9. The van der Waals surface area contributed by atoms with Crippen molar-refractivity contribution in [1.29, 1.82) is 0 Å². The molecule has 0 atom stereocenters. The summed E-state index contributed by atoms with van der Waals surface area (Å²) in [6, 6.07) is 8.86. The number of rotatable bonds is 4. The topological polar surface area (TPSA) is 119 Å². The summed E-state index contributed by atoms with van der Waals surface area (Å²) in [5, 5.41) is 0.751. The minimum atomic E-state index is -0.719. The molecule has 21 heavy (non-hydrogen) atoms. The van der Waals surface area contributed by atoms with Gasteiger partial charge in [-0.25, -0.2) is 31.5 Å². The number of nitrogens with two attached hydrogens (primary N) is 2. The van der Waals surface area contributed by atoms with E-state index in [4.69, 9.17) is 16.4 Å². The number of carbonyl (C=O) groups is 1. The van der Waals surface area contributed by atoms with Gasteiger partial charge >= 0.3 is 6.03 Å². The van der Waals surface area contributed by atoms with Gasteiger partial charge in [0, 0.05) is 0 Å². The summed E-state index contributed by atoms with van der Waals surface area (Å²) < 4.78 is 5.94. The van der Waals surface area contributed by atoms with Crippen molar-refractivity contribution in [2.24, 2.45) is 11.7 Å². The third kappa shape index (κ3) is 3.66. The van der Waals surface area contributed by atoms with E-state index < -0.39 is 6.03 Å². The zero-order valence-corrected chi connectivity index (χ0v) is 12.4. The van der Waals surface area contributed by atoms with Crippen molar-refractivity contribution in [1.82, 2.24) is 15.4 Å². The van der Waals surface area contributed by atoms with Gasteiger partial charge in [-0.2, -0.15) is 0 Å². The second kappa shape index (κ2) is 6.97. The summed E-state index contributed by atoms with van der Waals surface area (Å²) in [7, 11) is 0. The second-order valence-electron chi connectivity index (χ2n) is 3.91. The molecule has 0 saturated carbocycles. The van der Waals surface area contributed by atoms with E-state index in [-0.39, 0.29) is 11.7 Å². The molecule has 2 rings (SSSR count). The highest BCUT2D eigenvalue weighted by atomic mass is 79.9. The minimum Gasteiger partial charge on any atom is -0.472 e. The number of amides is 2. The monoisotopic (exact) mass is 352 g/mol. The summed E-state index contributed by atoms with van der Waals surface area (Å²) in [5.41, 5.74) is 2.89. The maximum Gasteiger partial charge on any atom is 0.351 e. The third-order valence-electron chi connectivity index (χ3n) is 2.53. The van der Waals surface area contributed by atoms with Gasteiger partial charge in [-0.3, -0.25) is 5.43 Å². The third-order valence-corrected chi connectivity index (χ3v) is 3.22. The molecular weight excluding hydrogens is 340 g/mol. The van der Waals surface area contributed by atoms with Crippen molar-refractivity contribution in [3.05, 3.63) is 46.7 Å². The van der Waals surface area contributed by atoms with E-state index in [1.165, 1.54) is 6.33 Å². The number of carbonyl (C=O) groups excluding carboxylic acids is 1. The largest absolute Gasteiger partial charge is 0.472 e. The average Bonchev–Trinajstić information content (AvgIpc) is 2.53. The van der Waals surface area contributed by atoms with Gasteiger partial charge in [0.05, 0.1) is 0 Å². The lowest BCUT2D eigenvalue weighted by molar-refractivity contribution is 0.246. The molecule has 0 fully saturated rings. The lowest BCUT2D eigenvalue weighted by Gasteiger charge is -2.17. The summed E-state index contributed by atoms with van der Waals surface area (Å²) in [6.07, 6.45) is 1.24. The molecule has 0 unspecified atom stereocenters. The Labute approximate surface area is 129 Å². The maximum atomic E-state index is 11.4. The molecule has 8 nitrogen and oxygen atoms in total. The SMILES string of the molecule is NNC(=O)N(N)c1ncnc(OCc2ccccc2)c1Br. The molecule has 0 aliphatic carbocycles. The summed E-state index contributed by atoms with van der Waals surface area (Å²) in [4.78, 5) is 19.3. The van der Waals surface area contributed by atoms with Crippen LogP contribution in [0.5, 0.6) is 5.88 Å². The van der Waals surface area contributed by atoms with E-state index in [0.29, 0.717) is 11.1 Å². The molecule has 1 aromatic heterocycles. The van der Waals surface area contributed by atoms with Crippen molar-refractivity contribution >= 4 is 27.8 Å². The Bertz CT molecular complexity index is 624. The fourth-order valence-electron chi connectivity index (χ4n) is 1.51. The van der Waals surface area contributed by atoms with Crippen LogP contribution in [0.2, 0.25) is 0 Å². The number of urea groups is 1. The van der Waals surface area contributed by atoms with Crippen LogP contribution in [0.3, 0.4) is 0 Å². The van der Waals surface area contributed by atoms with Crippen LogP contribution >= 0.6 is 15.9 Å². The molecular formula is C12H13BrN6O2. The Morgan fingerprint density at radius 2 is 2.05 bits per heavy atom. The average molecular weight is 353 g/mol. The number of halogens is 1. The van der Waals surface area contributed by atoms with Crippen molar-refractivity contribution < 1.29 is 9.53 Å². The molecule has 110 valence electrons. The van der Waals surface area contributed by atoms with Gasteiger partial charge in [0.15, 0.2) is 5.82 Å². The fourth-order valence-corrected chi connectivity index (χ4v) is 2.02. The molecule has 2 amide bonds. The molecule has 1 heterocycles. The number of nitrogens with one attached hydrogen (secondary N) is 1. The molecule has 5 N–H and O–H groups in total. The molecule has 0 radical (unpaired) electrons. The van der Waals surface area contributed by atoms with Gasteiger partial charge in [0.25, 0.3) is 0 Å². The van der Waals surface area contributed by atoms with Gasteiger partial charge in [-0.15, -0.1) is 0 Å². The van der Waals surface area contributed by atoms with Gasteiger partial charge in [0.1, 0.15) is 17.4 Å². The smallest absolute Gasteiger partial charge is 0.351 e. The first-order valence-electron chi connectivity index (χ1n) is 5.86. The highest BCUT2D eigenvalue weighted by Crippen LogP contribution is 2.30. The first kappa shape index (κ1) is 15.2. The van der Waals surface area contributed by atoms with E-state index in [2.05, 4.69) is 25.9 Å². The maximum absolute atomic E-state index is 11.4. The van der Waals surface area contributed by atoms with Gasteiger partial charge in [0.2, 0.25) is 5.88 Å². The number of benzene rings is 1. The summed E-state index contributed by atoms with van der Waals surface area (Å²) >= 11 is 3.26. The number of hydrogen-bond donors (Lipinski definition) is 3. The van der Waals surface area contributed by atoms with E-state index in [0.717, 1.165) is 10.6 Å². The van der Waals surface area contributed by atoms with E-state index >= 15 is 0 Å². The Morgan fingerprint density at radius 3 is 2.71 bits per heavy atom. The Hall–Kier alpha value is -2.23. The van der Waals surface area contributed by atoms with Gasteiger partial charge in [-0.05, 0) is 21.5 Å². The number of hydrazine groups is 2. The van der Waals surface area contributed by atoms with E-state index in [9.17, 15) is 4.79 Å². The lowest BCUT2D eigenvalue weighted by atomic mass is 10.2. The van der Waals surface area contributed by atoms with Crippen LogP contribution in [0.25, 0.3) is 0 Å². The van der Waals surface area contributed by atoms with Gasteiger partial charge in [-0.1, -0.05) is 30.3 Å². The Balaban J connectivity index is 2.16. The van der Waals surface area contributed by atoms with Crippen LogP contribution in [0, 0.1) is 0 Å². The van der Waals surface area contributed by atoms with Crippen LogP contribution in [-0.4, -0.2) is 16.0 Å². The normalized spacial score (nSPS) is 10.0. The van der Waals surface area contributed by atoms with Crippen molar-refractivity contribution in [3.8, 4) is 5.88 Å². The minimum absolute atomic E-state index is 0.135. The quantitative estimate of drug-likeness (QED) is 0.430. The molecule has 0 saturated heterocycles. The molecule has 0 spiro atoms. The highest BCUT2D eigenvalue weighted by Gasteiger charge is 2.18. The standard InChI is InChI=1S/C12H13BrN6O2/c13-9-10(19(15)12(20)18-14)16-7-17-11(9)21-6-8-4-2-1-3-5-8/h1-5,7H,6,14-15H2,(H,18,20). The van der Waals surface area contributed by atoms with Crippen molar-refractivity contribution in [2.75, 3.05) is 5.01 Å². The van der Waals surface area contributed by atoms with E-state index in [1.807, 2.05) is 35.8 Å². The van der Waals surface area contributed by atoms with Crippen LogP contribution in [0.1, 0.15) is 5.56 Å². The molecule has 2 aromatic rings. The second-order valence-corrected chi connectivity index (χ2v) is 4.70. The van der Waals surface area contributed by atoms with Gasteiger partial charge < -0.3 is 4.74 Å². The van der Waals surface area contributed by atoms with Crippen LogP contribution in [-0.2, 0) is 6.61 Å². The lowest BCUT2D eigenvalue weighted by Crippen LogP contribution is -2.48. The van der Waals surface area contributed by atoms with Crippen molar-refractivity contribution in [2.45, 2.75) is 6.61 Å². The molecule has 1 aromatic carbocycles. The highest BCUT2D eigenvalue weighted by molar-refractivity contribution is 9.10. The molecule has 0 aliphatic heterocycles. The Morgan fingerprint density at radius 1 is 1.33 bits per heavy atom. The summed E-state index contributed by atoms with van der Waals surface area (Å²) in [5.74, 6) is 11.0. The number of hydrogen-bond acceptors (Lipinski definition) is 6. The number of aromatic nitrogens is 2. The van der Waals surface area contributed by atoms with Crippen LogP contribution < -0.4 is 26.9 Å². The number of nitrogens with zero attached hydrogens (tertiary/aromatic N) is 3. The first-order chi connectivity index (χ1) is 10.1. The predicted octanol–water partition coefficient (Wildman–Crippen LogP) is 1.08. The zero-order chi connectivity index (χ0) is 15.2. The summed E-state index contributed by atoms with van der Waals surface area (Å²) in [6.45, 7) is 0.323. The Kier molecular flexibility index (Phi) is 5.04. The molecule has 0 bridgehead atoms. The van der Waals surface area contributed by atoms with Crippen LogP contribution in [0.15, 0.2) is 41.1 Å². The number of ether oxygens (including phenoxy) is 1. The van der Waals surface area contributed by atoms with Crippen LogP contribution in [0.4, 0.5) is 10.6 Å².